The van der Waals surface area contributed by atoms with Crippen LogP contribution in [0.2, 0.25) is 0 Å². The zero-order valence-electron chi connectivity index (χ0n) is 14.0. The van der Waals surface area contributed by atoms with Gasteiger partial charge in [-0.1, -0.05) is 30.3 Å². The molecule has 134 valence electrons. The number of ether oxygens (including phenoxy) is 1. The second kappa shape index (κ2) is 10.0. The third kappa shape index (κ3) is 5.17. The first-order chi connectivity index (χ1) is 12.3. The standard InChI is InChI=1S/C18H21N3O2.ClHO/c1-14-12-18(23-11-9-19-8-10-22)20-21(14)17-7-6-15-4-2-3-5-16(15)13-17;1-2/h2-7,12-13,19,22H,8-11H2,1H3;2H. The molecule has 25 heavy (non-hydrogen) atoms. The minimum Gasteiger partial charge on any atom is -0.475 e. The third-order valence-corrected chi connectivity index (χ3v) is 3.66. The highest BCUT2D eigenvalue weighted by Crippen LogP contribution is 2.21. The van der Waals surface area contributed by atoms with E-state index in [1.54, 1.807) is 0 Å². The Labute approximate surface area is 151 Å². The highest BCUT2D eigenvalue weighted by molar-refractivity contribution is 6.04. The molecule has 0 radical (unpaired) electrons. The first-order valence-corrected chi connectivity index (χ1v) is 8.29. The minimum atomic E-state index is 0.135. The van der Waals surface area contributed by atoms with Crippen LogP contribution in [0.4, 0.5) is 0 Å². The molecule has 7 heteroatoms. The molecule has 0 saturated heterocycles. The molecular formula is C18H22ClN3O3. The fourth-order valence-electron chi connectivity index (χ4n) is 2.52. The van der Waals surface area contributed by atoms with Gasteiger partial charge in [0.2, 0.25) is 5.88 Å². The molecule has 1 heterocycles. The molecule has 0 fully saturated rings. The Morgan fingerprint density at radius 2 is 1.84 bits per heavy atom. The van der Waals surface area contributed by atoms with Gasteiger partial charge in [-0.25, -0.2) is 4.68 Å². The predicted molar refractivity (Wildman–Crippen MR) is 99.3 cm³/mol. The fourth-order valence-corrected chi connectivity index (χ4v) is 2.52. The van der Waals surface area contributed by atoms with Crippen molar-refractivity contribution < 1.29 is 14.5 Å². The van der Waals surface area contributed by atoms with Crippen LogP contribution in [0.1, 0.15) is 5.69 Å². The topological polar surface area (TPSA) is 79.5 Å². The molecule has 6 nitrogen and oxygen atoms in total. The largest absolute Gasteiger partial charge is 0.475 e. The van der Waals surface area contributed by atoms with E-state index >= 15 is 0 Å². The number of fused-ring (bicyclic) bond motifs is 1. The molecule has 0 spiro atoms. The Morgan fingerprint density at radius 1 is 1.08 bits per heavy atom. The van der Waals surface area contributed by atoms with Gasteiger partial charge in [0, 0.05) is 24.8 Å². The SMILES string of the molecule is Cc1cc(OCCNCCO)nn1-c1ccc2ccccc2c1.OCl. The van der Waals surface area contributed by atoms with Crippen LogP contribution in [-0.4, -0.2) is 45.8 Å². The van der Waals surface area contributed by atoms with Crippen LogP contribution < -0.4 is 10.1 Å². The smallest absolute Gasteiger partial charge is 0.233 e. The molecular weight excluding hydrogens is 342 g/mol. The number of halogens is 1. The number of hydrogen-bond donors (Lipinski definition) is 3. The third-order valence-electron chi connectivity index (χ3n) is 3.66. The van der Waals surface area contributed by atoms with Crippen LogP contribution in [0.15, 0.2) is 48.5 Å². The highest BCUT2D eigenvalue weighted by Gasteiger charge is 2.07. The summed E-state index contributed by atoms with van der Waals surface area (Å²) in [7, 11) is 0. The molecule has 0 unspecified atom stereocenters. The predicted octanol–water partition coefficient (Wildman–Crippen LogP) is 2.43. The van der Waals surface area contributed by atoms with Crippen LogP contribution >= 0.6 is 11.9 Å². The molecule has 0 aliphatic rings. The van der Waals surface area contributed by atoms with Crippen molar-refractivity contribution in [2.45, 2.75) is 6.92 Å². The van der Waals surface area contributed by atoms with E-state index in [9.17, 15) is 0 Å². The first kappa shape index (κ1) is 19.2. The van der Waals surface area contributed by atoms with Gasteiger partial charge in [0.25, 0.3) is 0 Å². The Morgan fingerprint density at radius 3 is 2.60 bits per heavy atom. The van der Waals surface area contributed by atoms with Crippen LogP contribution in [0, 0.1) is 6.92 Å². The number of hydrogen-bond acceptors (Lipinski definition) is 5. The second-order valence-electron chi connectivity index (χ2n) is 5.39. The summed E-state index contributed by atoms with van der Waals surface area (Å²) in [5.74, 6) is 0.612. The van der Waals surface area contributed by atoms with E-state index in [0.717, 1.165) is 11.4 Å². The van der Waals surface area contributed by atoms with Gasteiger partial charge < -0.3 is 15.2 Å². The number of aliphatic hydroxyl groups excluding tert-OH is 1. The summed E-state index contributed by atoms with van der Waals surface area (Å²) in [6, 6.07) is 16.5. The summed E-state index contributed by atoms with van der Waals surface area (Å²) < 4.78 is 14.0. The Bertz CT molecular complexity index is 792. The van der Waals surface area contributed by atoms with Crippen molar-refractivity contribution in [3.63, 3.8) is 0 Å². The molecule has 3 rings (SSSR count). The molecule has 3 aromatic rings. The van der Waals surface area contributed by atoms with Gasteiger partial charge in [0.15, 0.2) is 0 Å². The number of rotatable bonds is 7. The molecule has 0 aliphatic heterocycles. The summed E-state index contributed by atoms with van der Waals surface area (Å²) in [5.41, 5.74) is 2.05. The summed E-state index contributed by atoms with van der Waals surface area (Å²) in [6.45, 7) is 3.93. The molecule has 0 amide bonds. The van der Waals surface area contributed by atoms with Crippen molar-refractivity contribution in [3.8, 4) is 11.6 Å². The molecule has 0 atom stereocenters. The number of nitrogens with one attached hydrogen (secondary N) is 1. The second-order valence-corrected chi connectivity index (χ2v) is 5.39. The molecule has 0 saturated carbocycles. The average molecular weight is 364 g/mol. The monoisotopic (exact) mass is 363 g/mol. The Kier molecular flexibility index (Phi) is 7.69. The number of aliphatic hydroxyl groups is 1. The van der Waals surface area contributed by atoms with E-state index in [1.165, 1.54) is 10.8 Å². The van der Waals surface area contributed by atoms with Crippen molar-refractivity contribution in [2.75, 3.05) is 26.3 Å². The first-order valence-electron chi connectivity index (χ1n) is 7.95. The van der Waals surface area contributed by atoms with Crippen LogP contribution in [0.25, 0.3) is 16.5 Å². The van der Waals surface area contributed by atoms with E-state index in [-0.39, 0.29) is 6.61 Å². The average Bonchev–Trinajstić information content (AvgIpc) is 3.03. The molecule has 1 aromatic heterocycles. The van der Waals surface area contributed by atoms with E-state index in [0.29, 0.717) is 25.6 Å². The summed E-state index contributed by atoms with van der Waals surface area (Å²) in [6.07, 6.45) is 0. The highest BCUT2D eigenvalue weighted by atomic mass is 35.5. The van der Waals surface area contributed by atoms with Crippen LogP contribution in [0.3, 0.4) is 0 Å². The number of benzene rings is 2. The molecule has 0 aliphatic carbocycles. The Balaban J connectivity index is 0.00000109. The van der Waals surface area contributed by atoms with Crippen LogP contribution in [-0.2, 0) is 0 Å². The van der Waals surface area contributed by atoms with E-state index in [2.05, 4.69) is 52.6 Å². The molecule has 0 bridgehead atoms. The van der Waals surface area contributed by atoms with Crippen molar-refractivity contribution in [2.24, 2.45) is 0 Å². The normalized spacial score (nSPS) is 10.4. The maximum atomic E-state index is 8.70. The van der Waals surface area contributed by atoms with Crippen LogP contribution in [0.5, 0.6) is 5.88 Å². The quantitative estimate of drug-likeness (QED) is 0.562. The summed E-state index contributed by atoms with van der Waals surface area (Å²) >= 11 is 3.64. The van der Waals surface area contributed by atoms with E-state index in [4.69, 9.17) is 14.5 Å². The zero-order valence-corrected chi connectivity index (χ0v) is 14.8. The van der Waals surface area contributed by atoms with Crippen molar-refractivity contribution >= 4 is 22.6 Å². The van der Waals surface area contributed by atoms with Crippen molar-refractivity contribution in [3.05, 3.63) is 54.2 Å². The fraction of sp³-hybridized carbons (Fsp3) is 0.278. The van der Waals surface area contributed by atoms with E-state index in [1.807, 2.05) is 29.8 Å². The van der Waals surface area contributed by atoms with Gasteiger partial charge in [-0.2, -0.15) is 0 Å². The van der Waals surface area contributed by atoms with Gasteiger partial charge in [-0.15, -0.1) is 5.10 Å². The van der Waals surface area contributed by atoms with Gasteiger partial charge in [-0.05, 0) is 29.8 Å². The van der Waals surface area contributed by atoms with Crippen molar-refractivity contribution in [1.82, 2.24) is 15.1 Å². The lowest BCUT2D eigenvalue weighted by atomic mass is 10.1. The number of aromatic nitrogens is 2. The number of nitrogens with zero attached hydrogens (tertiary/aromatic N) is 2. The van der Waals surface area contributed by atoms with Gasteiger partial charge in [0.1, 0.15) is 6.61 Å². The maximum Gasteiger partial charge on any atom is 0.233 e. The lowest BCUT2D eigenvalue weighted by molar-refractivity contribution is 0.271. The van der Waals surface area contributed by atoms with Gasteiger partial charge in [0.05, 0.1) is 24.2 Å². The van der Waals surface area contributed by atoms with E-state index < -0.39 is 0 Å². The maximum absolute atomic E-state index is 8.70. The lowest BCUT2D eigenvalue weighted by Crippen LogP contribution is -2.24. The van der Waals surface area contributed by atoms with Crippen molar-refractivity contribution in [1.29, 1.82) is 0 Å². The zero-order chi connectivity index (χ0) is 18.1. The lowest BCUT2D eigenvalue weighted by Gasteiger charge is -2.06. The summed E-state index contributed by atoms with van der Waals surface area (Å²) in [5, 5.41) is 18.7. The molecule has 3 N–H and O–H groups in total. The van der Waals surface area contributed by atoms with Gasteiger partial charge in [-0.3, -0.25) is 4.66 Å². The summed E-state index contributed by atoms with van der Waals surface area (Å²) in [4.78, 5) is 0. The Hall–Kier alpha value is -2.12. The number of aryl methyl sites for hydroxylation is 1. The molecule has 2 aromatic carbocycles. The minimum absolute atomic E-state index is 0.135. The van der Waals surface area contributed by atoms with Gasteiger partial charge >= 0.3 is 0 Å².